The molecule has 16 nitrogen and oxygen atoms in total. The van der Waals surface area contributed by atoms with Crippen molar-refractivity contribution in [3.63, 3.8) is 0 Å². The van der Waals surface area contributed by atoms with Crippen LogP contribution in [0.2, 0.25) is 0 Å². The van der Waals surface area contributed by atoms with Gasteiger partial charge < -0.3 is 39.6 Å². The van der Waals surface area contributed by atoms with Gasteiger partial charge in [0.25, 0.3) is 5.56 Å². The Morgan fingerprint density at radius 1 is 1.32 bits per heavy atom. The van der Waals surface area contributed by atoms with E-state index in [1.165, 1.54) is 12.4 Å². The molecule has 5 N–H and O–H groups in total. The number of nitrogen functional groups attached to an aromatic ring is 1. The molecule has 5 atom stereocenters. The molecular formula is C30H43N8O8P. The highest BCUT2D eigenvalue weighted by Crippen LogP contribution is 2.45. The third-order valence-electron chi connectivity index (χ3n) is 8.51. The number of imidazole rings is 1. The van der Waals surface area contributed by atoms with Crippen LogP contribution in [0, 0.1) is 18.8 Å². The van der Waals surface area contributed by atoms with Gasteiger partial charge in [0.05, 0.1) is 36.7 Å². The summed E-state index contributed by atoms with van der Waals surface area (Å²) < 4.78 is 31.9. The summed E-state index contributed by atoms with van der Waals surface area (Å²) in [4.78, 5) is 51.0. The molecule has 5 heterocycles. The Kier molecular flexibility index (Phi) is 11.2. The lowest BCUT2D eigenvalue weighted by Gasteiger charge is -2.27. The number of rotatable bonds is 11. The van der Waals surface area contributed by atoms with Gasteiger partial charge in [-0.2, -0.15) is 4.98 Å². The van der Waals surface area contributed by atoms with Crippen molar-refractivity contribution in [1.82, 2.24) is 33.7 Å². The summed E-state index contributed by atoms with van der Waals surface area (Å²) >= 11 is 0. The maximum absolute atomic E-state index is 12.9. The monoisotopic (exact) mass is 674 g/mol. The molecule has 256 valence electrons. The summed E-state index contributed by atoms with van der Waals surface area (Å²) in [5.41, 5.74) is 5.86. The molecule has 5 rings (SSSR count). The number of H-pyrrole nitrogens is 1. The molecule has 0 aliphatic carbocycles. The van der Waals surface area contributed by atoms with Crippen LogP contribution in [0.25, 0.3) is 11.0 Å². The number of nitrogens with two attached hydrogens (primary N) is 1. The van der Waals surface area contributed by atoms with E-state index in [4.69, 9.17) is 19.7 Å². The first-order valence-electron chi connectivity index (χ1n) is 15.7. The zero-order valence-corrected chi connectivity index (χ0v) is 27.8. The number of likely N-dealkylation sites (N-methyl/N-ethyl adjacent to an activating group) is 2. The Labute approximate surface area is 272 Å². The minimum Gasteiger partial charge on any atom is -0.466 e. The zero-order chi connectivity index (χ0) is 33.7. The highest BCUT2D eigenvalue weighted by atomic mass is 31.2. The van der Waals surface area contributed by atoms with E-state index in [9.17, 15) is 24.2 Å². The van der Waals surface area contributed by atoms with E-state index in [0.717, 1.165) is 43.2 Å². The van der Waals surface area contributed by atoms with Gasteiger partial charge in [0, 0.05) is 44.0 Å². The van der Waals surface area contributed by atoms with E-state index in [0.29, 0.717) is 24.0 Å². The molecule has 0 spiro atoms. The van der Waals surface area contributed by atoms with Crippen LogP contribution in [0.15, 0.2) is 23.4 Å². The van der Waals surface area contributed by atoms with Crippen LogP contribution < -0.4 is 11.3 Å². The number of carbonyl (C=O) groups excluding carboxylic acids is 1. The number of aliphatic hydroxyl groups is 1. The Balaban J connectivity index is 1.18. The van der Waals surface area contributed by atoms with Crippen molar-refractivity contribution < 1.29 is 33.4 Å². The van der Waals surface area contributed by atoms with E-state index >= 15 is 0 Å². The third kappa shape index (κ3) is 8.49. The lowest BCUT2D eigenvalue weighted by atomic mass is 10.1. The van der Waals surface area contributed by atoms with Crippen LogP contribution >= 0.6 is 7.75 Å². The quantitative estimate of drug-likeness (QED) is 0.0979. The number of anilines is 1. The van der Waals surface area contributed by atoms with E-state index in [2.05, 4.69) is 50.7 Å². The summed E-state index contributed by atoms with van der Waals surface area (Å²) in [5, 5.41) is 10.9. The largest absolute Gasteiger partial charge is 0.466 e. The van der Waals surface area contributed by atoms with Gasteiger partial charge in [0.2, 0.25) is 5.95 Å². The number of ether oxygens (including phenoxy) is 2. The minimum absolute atomic E-state index is 0.0818. The van der Waals surface area contributed by atoms with Crippen molar-refractivity contribution >= 4 is 30.7 Å². The van der Waals surface area contributed by atoms with Gasteiger partial charge in [-0.15, -0.1) is 0 Å². The summed E-state index contributed by atoms with van der Waals surface area (Å²) in [6.45, 7) is 4.70. The van der Waals surface area contributed by atoms with Gasteiger partial charge >= 0.3 is 13.7 Å². The van der Waals surface area contributed by atoms with E-state index < -0.39 is 31.7 Å². The third-order valence-corrected chi connectivity index (χ3v) is 9.97. The number of hydrogen-bond donors (Lipinski definition) is 4. The number of aryl methyl sites for hydroxylation is 1. The van der Waals surface area contributed by atoms with Crippen molar-refractivity contribution in [3.8, 4) is 11.8 Å². The fraction of sp³-hybridized carbons (Fsp3) is 0.600. The van der Waals surface area contributed by atoms with Gasteiger partial charge in [-0.25, -0.2) is 13.9 Å². The Morgan fingerprint density at radius 3 is 2.89 bits per heavy atom. The molecule has 3 aromatic rings. The maximum atomic E-state index is 12.9. The fourth-order valence-corrected chi connectivity index (χ4v) is 7.08. The van der Waals surface area contributed by atoms with Gasteiger partial charge in [0.1, 0.15) is 18.2 Å². The average Bonchev–Trinajstić information content (AvgIpc) is 3.69. The number of esters is 1. The predicted molar refractivity (Wildman–Crippen MR) is 172 cm³/mol. The molecule has 2 aliphatic heterocycles. The molecule has 3 unspecified atom stereocenters. The molecule has 0 radical (unpaired) electrons. The molecule has 47 heavy (non-hydrogen) atoms. The normalized spacial score (nSPS) is 23.7. The number of nitrogens with zero attached hydrogens (tertiary/aromatic N) is 6. The van der Waals surface area contributed by atoms with Crippen LogP contribution in [-0.4, -0.2) is 115 Å². The summed E-state index contributed by atoms with van der Waals surface area (Å²) in [5.74, 6) is 5.73. The topological polar surface area (TPSA) is 203 Å². The molecule has 2 saturated heterocycles. The lowest BCUT2D eigenvalue weighted by molar-refractivity contribution is -0.143. The van der Waals surface area contributed by atoms with Gasteiger partial charge in [-0.3, -0.25) is 19.1 Å². The molecule has 0 amide bonds. The van der Waals surface area contributed by atoms with Crippen LogP contribution in [0.5, 0.6) is 0 Å². The van der Waals surface area contributed by atoms with Crippen LogP contribution in [0.3, 0.4) is 0 Å². The first-order valence-corrected chi connectivity index (χ1v) is 17.2. The maximum Gasteiger partial charge on any atom is 0.437 e. The minimum atomic E-state index is -4.27. The average molecular weight is 675 g/mol. The van der Waals surface area contributed by atoms with Crippen molar-refractivity contribution in [2.75, 3.05) is 52.7 Å². The molecule has 3 aromatic heterocycles. The van der Waals surface area contributed by atoms with Crippen LogP contribution in [0.4, 0.5) is 5.95 Å². The first-order chi connectivity index (χ1) is 22.4. The number of aliphatic hydroxyl groups excluding tert-OH is 1. The van der Waals surface area contributed by atoms with Crippen molar-refractivity contribution in [1.29, 1.82) is 0 Å². The molecular weight excluding hydrogens is 631 g/mol. The second-order valence-electron chi connectivity index (χ2n) is 12.1. The first kappa shape index (κ1) is 34.8. The standard InChI is InChI=1S/C30H43N8O8P/c1-20-32-11-14-38(20)47(42,43)45-19-24-23(39)16-25(46-24)37-17-21(27-28(37)33-30(31)34-29(27)41)8-4-5-10-26(40)44-15-6-9-22-18-35(2)12-7-13-36(22)3/h11,14,17,22-25,39H,5-7,9-10,12-13,15-16,18-19H2,1-3H3,(H,42,43)(H3,31,33,34,41)/t22?,23?,24-,25-/m1/s1. The lowest BCUT2D eigenvalue weighted by Crippen LogP contribution is -2.37. The predicted octanol–water partition coefficient (Wildman–Crippen LogP) is 1.22. The van der Waals surface area contributed by atoms with Crippen molar-refractivity contribution in [3.05, 3.63) is 40.3 Å². The molecule has 0 bridgehead atoms. The van der Waals surface area contributed by atoms with E-state index in [-0.39, 0.29) is 48.8 Å². The van der Waals surface area contributed by atoms with E-state index in [1.807, 2.05) is 0 Å². The van der Waals surface area contributed by atoms with Gasteiger partial charge in [-0.1, -0.05) is 11.8 Å². The molecule has 17 heteroatoms. The van der Waals surface area contributed by atoms with Crippen molar-refractivity contribution in [2.45, 2.75) is 69.9 Å². The second kappa shape index (κ2) is 15.1. The Hall–Kier alpha value is -3.55. The summed E-state index contributed by atoms with van der Waals surface area (Å²) in [6.07, 6.45) is 4.78. The zero-order valence-electron chi connectivity index (χ0n) is 26.9. The highest BCUT2D eigenvalue weighted by Gasteiger charge is 2.38. The number of hydrogen-bond acceptors (Lipinski definition) is 12. The molecule has 2 aliphatic rings. The van der Waals surface area contributed by atoms with Crippen LogP contribution in [-0.2, 0) is 23.4 Å². The Bertz CT molecular complexity index is 1730. The van der Waals surface area contributed by atoms with Gasteiger partial charge in [0.15, 0.2) is 5.65 Å². The van der Waals surface area contributed by atoms with E-state index in [1.54, 1.807) is 17.7 Å². The number of nitrogens with one attached hydrogen (secondary N) is 1. The number of carbonyl (C=O) groups is 1. The smallest absolute Gasteiger partial charge is 0.437 e. The molecule has 0 aromatic carbocycles. The fourth-order valence-electron chi connectivity index (χ4n) is 5.97. The SMILES string of the molecule is Cc1nccn1P(=O)(O)OC[C@H]1O[C@@H](n2cc(C#CCCC(=O)OCCCC3CN(C)CCCN3C)c3c(=O)[nH]c(N)nc32)CC1O. The number of aromatic amines is 1. The highest BCUT2D eigenvalue weighted by molar-refractivity contribution is 7.51. The number of fused-ring (bicyclic) bond motifs is 1. The number of aromatic nitrogens is 5. The van der Waals surface area contributed by atoms with Crippen LogP contribution in [0.1, 0.15) is 56.1 Å². The molecule has 0 saturated carbocycles. The summed E-state index contributed by atoms with van der Waals surface area (Å²) in [7, 11) is 0.00899. The molecule has 2 fully saturated rings. The Morgan fingerprint density at radius 2 is 2.13 bits per heavy atom. The van der Waals surface area contributed by atoms with Crippen molar-refractivity contribution in [2.24, 2.45) is 0 Å². The second-order valence-corrected chi connectivity index (χ2v) is 13.7. The summed E-state index contributed by atoms with van der Waals surface area (Å²) in [6, 6.07) is 0.440. The van der Waals surface area contributed by atoms with Gasteiger partial charge in [-0.05, 0) is 53.4 Å².